The monoisotopic (exact) mass is 446 g/mol. The summed E-state index contributed by atoms with van der Waals surface area (Å²) in [6.07, 6.45) is 0. The number of hydrogen-bond acceptors (Lipinski definition) is 6. The van der Waals surface area contributed by atoms with E-state index in [1.54, 1.807) is 22.7 Å². The number of hydrogen-bond donors (Lipinski definition) is 0. The van der Waals surface area contributed by atoms with Crippen LogP contribution >= 0.6 is 34.0 Å². The van der Waals surface area contributed by atoms with Crippen molar-refractivity contribution in [2.75, 3.05) is 0 Å². The molecule has 6 aromatic rings. The number of aryl methyl sites for hydroxylation is 4. The third-order valence-electron chi connectivity index (χ3n) is 5.45. The van der Waals surface area contributed by atoms with Crippen molar-refractivity contribution in [3.8, 4) is 20.7 Å². The van der Waals surface area contributed by atoms with Gasteiger partial charge in [-0.1, -0.05) is 12.1 Å². The van der Waals surface area contributed by atoms with Crippen LogP contribution in [0.1, 0.15) is 22.3 Å². The average Bonchev–Trinajstić information content (AvgIpc) is 3.45. The molecule has 0 spiro atoms. The maximum Gasteiger partial charge on any atom is 0.237 e. The van der Waals surface area contributed by atoms with Gasteiger partial charge in [-0.05, 0) is 74.2 Å². The Morgan fingerprint density at radius 3 is 2.17 bits per heavy atom. The third kappa shape index (κ3) is 2.68. The molecule has 0 aliphatic carbocycles. The molecule has 0 atom stereocenters. The minimum absolute atomic E-state index is 0.720. The average molecular weight is 447 g/mol. The number of thiazole rings is 1. The molecule has 0 fully saturated rings. The van der Waals surface area contributed by atoms with Gasteiger partial charge in [0.2, 0.25) is 5.89 Å². The molecule has 0 saturated heterocycles. The van der Waals surface area contributed by atoms with E-state index in [-0.39, 0.29) is 0 Å². The molecular weight excluding hydrogens is 428 g/mol. The molecule has 0 bridgehead atoms. The first-order chi connectivity index (χ1) is 14.5. The predicted molar refractivity (Wildman–Crippen MR) is 130 cm³/mol. The van der Waals surface area contributed by atoms with Crippen molar-refractivity contribution in [2.24, 2.45) is 0 Å². The van der Waals surface area contributed by atoms with Gasteiger partial charge in [0.05, 0.1) is 20.0 Å². The molecule has 4 aromatic heterocycles. The molecule has 6 heteroatoms. The van der Waals surface area contributed by atoms with E-state index in [0.29, 0.717) is 0 Å². The van der Waals surface area contributed by atoms with Crippen LogP contribution in [-0.2, 0) is 0 Å². The third-order valence-corrected chi connectivity index (χ3v) is 9.58. The minimum Gasteiger partial charge on any atom is -0.435 e. The first kappa shape index (κ1) is 18.2. The first-order valence-electron chi connectivity index (χ1n) is 9.75. The van der Waals surface area contributed by atoms with Crippen molar-refractivity contribution in [3.05, 3.63) is 58.7 Å². The highest BCUT2D eigenvalue weighted by molar-refractivity contribution is 7.33. The van der Waals surface area contributed by atoms with E-state index in [9.17, 15) is 0 Å². The van der Waals surface area contributed by atoms with Crippen molar-refractivity contribution in [3.63, 3.8) is 0 Å². The van der Waals surface area contributed by atoms with E-state index in [1.807, 2.05) is 17.4 Å². The van der Waals surface area contributed by atoms with E-state index >= 15 is 0 Å². The Labute approximate surface area is 185 Å². The zero-order chi connectivity index (χ0) is 20.6. The molecule has 0 aliphatic heterocycles. The zero-order valence-corrected chi connectivity index (χ0v) is 19.4. The van der Waals surface area contributed by atoms with Crippen LogP contribution in [0.4, 0.5) is 0 Å². The van der Waals surface area contributed by atoms with Crippen molar-refractivity contribution in [1.29, 1.82) is 0 Å². The van der Waals surface area contributed by atoms with Crippen molar-refractivity contribution in [1.82, 2.24) is 9.97 Å². The fourth-order valence-corrected chi connectivity index (χ4v) is 7.63. The molecular formula is C24H18N2OS3. The number of nitrogens with zero attached hydrogens (tertiary/aromatic N) is 2. The molecule has 148 valence electrons. The van der Waals surface area contributed by atoms with Gasteiger partial charge in [-0.2, -0.15) is 0 Å². The van der Waals surface area contributed by atoms with Crippen LogP contribution in [-0.4, -0.2) is 9.97 Å². The fourth-order valence-electron chi connectivity index (χ4n) is 3.83. The number of rotatable bonds is 2. The molecule has 0 unspecified atom stereocenters. The Morgan fingerprint density at radius 1 is 0.700 bits per heavy atom. The van der Waals surface area contributed by atoms with Crippen molar-refractivity contribution in [2.45, 2.75) is 27.7 Å². The summed E-state index contributed by atoms with van der Waals surface area (Å²) in [7, 11) is 0. The molecule has 0 aliphatic rings. The van der Waals surface area contributed by atoms with E-state index in [1.165, 1.54) is 41.2 Å². The Kier molecular flexibility index (Phi) is 3.94. The number of thiophene rings is 2. The smallest absolute Gasteiger partial charge is 0.237 e. The molecule has 0 saturated carbocycles. The standard InChI is InChI=1S/C24H18N2OS3/c1-11-5-7-17-15(9-11)25-23(27-17)21-13(3)19-20(29-21)14(4)22(30-19)24-26-16-10-12(2)6-8-18(16)28-24/h5-10H,1-4H3. The molecule has 4 heterocycles. The van der Waals surface area contributed by atoms with Crippen LogP contribution in [0.5, 0.6) is 0 Å². The fraction of sp³-hybridized carbons (Fsp3) is 0.167. The molecule has 0 radical (unpaired) electrons. The summed E-state index contributed by atoms with van der Waals surface area (Å²) < 4.78 is 9.96. The van der Waals surface area contributed by atoms with E-state index < -0.39 is 0 Å². The van der Waals surface area contributed by atoms with Crippen LogP contribution in [0.25, 0.3) is 51.4 Å². The van der Waals surface area contributed by atoms with E-state index in [2.05, 4.69) is 58.0 Å². The zero-order valence-electron chi connectivity index (χ0n) is 17.0. The molecule has 0 N–H and O–H groups in total. The second-order valence-corrected chi connectivity index (χ2v) is 10.8. The summed E-state index contributed by atoms with van der Waals surface area (Å²) >= 11 is 5.39. The van der Waals surface area contributed by atoms with Gasteiger partial charge < -0.3 is 4.42 Å². The maximum atomic E-state index is 6.09. The first-order valence-corrected chi connectivity index (χ1v) is 12.2. The SMILES string of the molecule is Cc1ccc2oc(-c3sc4c(C)c(-c5nc6cc(C)ccc6s5)sc4c3C)nc2c1. The molecule has 6 rings (SSSR count). The van der Waals surface area contributed by atoms with Crippen molar-refractivity contribution >= 4 is 64.7 Å². The Bertz CT molecular complexity index is 1480. The highest BCUT2D eigenvalue weighted by Gasteiger charge is 2.22. The van der Waals surface area contributed by atoms with Crippen LogP contribution in [0, 0.1) is 27.7 Å². The maximum absolute atomic E-state index is 6.09. The highest BCUT2D eigenvalue weighted by atomic mass is 32.1. The van der Waals surface area contributed by atoms with Crippen LogP contribution < -0.4 is 0 Å². The summed E-state index contributed by atoms with van der Waals surface area (Å²) in [6.45, 7) is 8.58. The summed E-state index contributed by atoms with van der Waals surface area (Å²) in [5, 5.41) is 1.11. The molecule has 3 nitrogen and oxygen atoms in total. The topological polar surface area (TPSA) is 38.9 Å². The van der Waals surface area contributed by atoms with Gasteiger partial charge in [-0.25, -0.2) is 9.97 Å². The second kappa shape index (κ2) is 6.48. The number of aromatic nitrogens is 2. The predicted octanol–water partition coefficient (Wildman–Crippen LogP) is 8.28. The summed E-state index contributed by atoms with van der Waals surface area (Å²) in [5.41, 5.74) is 7.84. The van der Waals surface area contributed by atoms with Crippen LogP contribution in [0.15, 0.2) is 40.8 Å². The molecule has 2 aromatic carbocycles. The van der Waals surface area contributed by atoms with Crippen LogP contribution in [0.2, 0.25) is 0 Å². The number of fused-ring (bicyclic) bond motifs is 3. The van der Waals surface area contributed by atoms with Gasteiger partial charge in [-0.15, -0.1) is 34.0 Å². The van der Waals surface area contributed by atoms with Gasteiger partial charge in [-0.3, -0.25) is 0 Å². The lowest BCUT2D eigenvalue weighted by Crippen LogP contribution is -1.76. The van der Waals surface area contributed by atoms with Crippen molar-refractivity contribution < 1.29 is 4.42 Å². The summed E-state index contributed by atoms with van der Waals surface area (Å²) in [4.78, 5) is 12.1. The minimum atomic E-state index is 0.720. The Hall–Kier alpha value is -2.54. The summed E-state index contributed by atoms with van der Waals surface area (Å²) in [5.74, 6) is 0.720. The summed E-state index contributed by atoms with van der Waals surface area (Å²) in [6, 6.07) is 12.6. The van der Waals surface area contributed by atoms with Gasteiger partial charge >= 0.3 is 0 Å². The highest BCUT2D eigenvalue weighted by Crippen LogP contribution is 2.49. The number of oxazole rings is 1. The van der Waals surface area contributed by atoms with Gasteiger partial charge in [0.15, 0.2) is 5.58 Å². The van der Waals surface area contributed by atoms with Gasteiger partial charge in [0.1, 0.15) is 10.5 Å². The lowest BCUT2D eigenvalue weighted by molar-refractivity contribution is 0.621. The second-order valence-electron chi connectivity index (χ2n) is 7.75. The Balaban J connectivity index is 1.50. The van der Waals surface area contributed by atoms with E-state index in [0.717, 1.165) is 32.4 Å². The van der Waals surface area contributed by atoms with Crippen LogP contribution in [0.3, 0.4) is 0 Å². The van der Waals surface area contributed by atoms with Gasteiger partial charge in [0, 0.05) is 9.40 Å². The molecule has 30 heavy (non-hydrogen) atoms. The van der Waals surface area contributed by atoms with Gasteiger partial charge in [0.25, 0.3) is 0 Å². The number of benzene rings is 2. The lowest BCUT2D eigenvalue weighted by atomic mass is 10.2. The largest absolute Gasteiger partial charge is 0.435 e. The quantitative estimate of drug-likeness (QED) is 0.268. The van der Waals surface area contributed by atoms with E-state index in [4.69, 9.17) is 14.4 Å². The lowest BCUT2D eigenvalue weighted by Gasteiger charge is -1.95. The normalized spacial score (nSPS) is 12.0. The molecule has 0 amide bonds. The Morgan fingerprint density at radius 2 is 1.37 bits per heavy atom.